The lowest BCUT2D eigenvalue weighted by atomic mass is 10.2. The normalized spacial score (nSPS) is 15.9. The third-order valence-electron chi connectivity index (χ3n) is 2.39. The van der Waals surface area contributed by atoms with E-state index in [4.69, 9.17) is 5.84 Å². The van der Waals surface area contributed by atoms with Crippen LogP contribution in [0, 0.1) is 30.3 Å². The van der Waals surface area contributed by atoms with Crippen LogP contribution < -0.4 is 11.4 Å². The van der Waals surface area contributed by atoms with Crippen LogP contribution in [0.3, 0.4) is 0 Å². The second-order valence-corrected chi connectivity index (χ2v) is 3.41. The van der Waals surface area contributed by atoms with Gasteiger partial charge >= 0.3 is 5.79 Å². The summed E-state index contributed by atoms with van der Waals surface area (Å²) in [5, 5.41) is 37.5. The third kappa shape index (κ3) is 2.20. The van der Waals surface area contributed by atoms with Crippen molar-refractivity contribution in [2.24, 2.45) is 10.9 Å². The highest BCUT2D eigenvalue weighted by Gasteiger charge is 2.71. The van der Waals surface area contributed by atoms with Crippen LogP contribution in [0.25, 0.3) is 0 Å². The Morgan fingerprint density at radius 1 is 1.26 bits per heavy atom. The summed E-state index contributed by atoms with van der Waals surface area (Å²) in [4.78, 5) is 27.4. The van der Waals surface area contributed by atoms with Crippen molar-refractivity contribution in [1.82, 2.24) is 15.8 Å². The molecule has 3 N–H and O–H groups in total. The van der Waals surface area contributed by atoms with E-state index in [1.165, 1.54) is 0 Å². The van der Waals surface area contributed by atoms with E-state index < -0.39 is 32.8 Å². The Morgan fingerprint density at radius 2 is 1.74 bits per heavy atom. The molecular formula is C5H10N8O6. The second-order valence-electron chi connectivity index (χ2n) is 3.41. The number of nitrogens with two attached hydrogens (primary N) is 1. The highest BCUT2D eigenvalue weighted by molar-refractivity contribution is 5.82. The smallest absolute Gasteiger partial charge is 0.253 e. The standard InChI is InChI=1S/C5H10N8O6/c1-2-9-8-7-4(10(9)6)3-5(11(14)15,12(16)17)13(18)19/h8H,2-3,6H2,1H3. The summed E-state index contributed by atoms with van der Waals surface area (Å²) in [6.07, 6.45) is -1.19. The minimum absolute atomic E-state index is 0.284. The molecular weight excluding hydrogens is 268 g/mol. The number of hydrogen-bond donors (Lipinski definition) is 2. The Bertz CT molecular complexity index is 413. The summed E-state index contributed by atoms with van der Waals surface area (Å²) in [5.74, 6) is 1.42. The molecule has 1 aliphatic heterocycles. The first-order chi connectivity index (χ1) is 8.77. The molecule has 0 aliphatic carbocycles. The average Bonchev–Trinajstić information content (AvgIpc) is 2.65. The zero-order valence-electron chi connectivity index (χ0n) is 9.62. The molecule has 19 heavy (non-hydrogen) atoms. The van der Waals surface area contributed by atoms with E-state index in [0.717, 1.165) is 10.2 Å². The van der Waals surface area contributed by atoms with Gasteiger partial charge in [-0.25, -0.2) is 16.5 Å². The van der Waals surface area contributed by atoms with Gasteiger partial charge < -0.3 is 0 Å². The number of hydrazine groups is 3. The molecule has 0 saturated heterocycles. The van der Waals surface area contributed by atoms with E-state index in [1.54, 1.807) is 6.92 Å². The van der Waals surface area contributed by atoms with Crippen molar-refractivity contribution >= 4 is 5.84 Å². The number of amidine groups is 1. The Kier molecular flexibility index (Phi) is 3.76. The summed E-state index contributed by atoms with van der Waals surface area (Å²) in [6.45, 7) is 1.93. The Balaban J connectivity index is 3.08. The molecule has 0 bridgehead atoms. The van der Waals surface area contributed by atoms with Gasteiger partial charge in [0.25, 0.3) is 0 Å². The molecule has 14 nitrogen and oxygen atoms in total. The van der Waals surface area contributed by atoms with Gasteiger partial charge in [0.1, 0.15) is 0 Å². The molecule has 0 amide bonds. The van der Waals surface area contributed by atoms with Crippen molar-refractivity contribution in [2.75, 3.05) is 6.54 Å². The largest absolute Gasteiger partial charge is 0.707 e. The van der Waals surface area contributed by atoms with Crippen LogP contribution in [0.15, 0.2) is 5.10 Å². The summed E-state index contributed by atoms with van der Waals surface area (Å²) < 4.78 is 0. The fourth-order valence-electron chi connectivity index (χ4n) is 1.30. The molecule has 0 fully saturated rings. The van der Waals surface area contributed by atoms with Gasteiger partial charge in [-0.15, -0.1) is 10.2 Å². The van der Waals surface area contributed by atoms with Gasteiger partial charge in [-0.1, -0.05) is 0 Å². The van der Waals surface area contributed by atoms with Crippen molar-refractivity contribution < 1.29 is 14.8 Å². The molecule has 0 aromatic carbocycles. The number of rotatable bonds is 6. The minimum Gasteiger partial charge on any atom is -0.253 e. The van der Waals surface area contributed by atoms with Crippen LogP contribution in [-0.2, 0) is 0 Å². The van der Waals surface area contributed by atoms with Gasteiger partial charge in [-0.3, -0.25) is 30.3 Å². The maximum Gasteiger partial charge on any atom is 0.707 e. The first-order valence-electron chi connectivity index (χ1n) is 4.85. The molecule has 0 atom stereocenters. The van der Waals surface area contributed by atoms with Crippen LogP contribution in [0.5, 0.6) is 0 Å². The molecule has 106 valence electrons. The molecule has 0 aromatic rings. The van der Waals surface area contributed by atoms with Gasteiger partial charge in [0.05, 0.1) is 0 Å². The number of hydrogen-bond acceptors (Lipinski definition) is 11. The third-order valence-corrected chi connectivity index (χ3v) is 2.39. The zero-order valence-corrected chi connectivity index (χ0v) is 9.62. The number of nitrogens with zero attached hydrogens (tertiary/aromatic N) is 6. The second kappa shape index (κ2) is 4.94. The Labute approximate surface area is 104 Å². The number of hydrazone groups is 1. The Hall–Kier alpha value is -2.61. The predicted octanol–water partition coefficient (Wildman–Crippen LogP) is -1.90. The van der Waals surface area contributed by atoms with Crippen LogP contribution in [0.4, 0.5) is 0 Å². The maximum atomic E-state index is 10.7. The predicted molar refractivity (Wildman–Crippen MR) is 57.3 cm³/mol. The SMILES string of the molecule is CCN1NN=C(CC([N+](=O)[O-])([N+](=O)[O-])[N+](=O)[O-])N1N. The van der Waals surface area contributed by atoms with Crippen LogP contribution in [0.2, 0.25) is 0 Å². The van der Waals surface area contributed by atoms with Gasteiger partial charge in [-0.2, -0.15) is 0 Å². The molecule has 0 saturated carbocycles. The van der Waals surface area contributed by atoms with E-state index in [9.17, 15) is 30.3 Å². The Morgan fingerprint density at radius 3 is 2.05 bits per heavy atom. The first-order valence-corrected chi connectivity index (χ1v) is 4.85. The highest BCUT2D eigenvalue weighted by Crippen LogP contribution is 2.20. The van der Waals surface area contributed by atoms with Gasteiger partial charge in [0, 0.05) is 6.54 Å². The zero-order chi connectivity index (χ0) is 14.8. The summed E-state index contributed by atoms with van der Waals surface area (Å²) in [5.41, 5.74) is 2.30. The molecule has 0 unspecified atom stereocenters. The van der Waals surface area contributed by atoms with E-state index in [-0.39, 0.29) is 6.54 Å². The van der Waals surface area contributed by atoms with Crippen molar-refractivity contribution in [3.63, 3.8) is 0 Å². The lowest BCUT2D eigenvalue weighted by molar-refractivity contribution is -0.968. The monoisotopic (exact) mass is 278 g/mol. The lowest BCUT2D eigenvalue weighted by Crippen LogP contribution is -2.58. The van der Waals surface area contributed by atoms with Crippen LogP contribution >= 0.6 is 0 Å². The van der Waals surface area contributed by atoms with Gasteiger partial charge in [-0.05, 0) is 6.92 Å². The van der Waals surface area contributed by atoms with Crippen molar-refractivity contribution in [3.05, 3.63) is 30.3 Å². The molecule has 14 heteroatoms. The molecule has 0 radical (unpaired) electrons. The quantitative estimate of drug-likeness (QED) is 0.240. The minimum atomic E-state index is -3.62. The molecule has 0 aromatic heterocycles. The van der Waals surface area contributed by atoms with Crippen LogP contribution in [0.1, 0.15) is 13.3 Å². The van der Waals surface area contributed by atoms with E-state index in [2.05, 4.69) is 10.6 Å². The fourth-order valence-corrected chi connectivity index (χ4v) is 1.30. The van der Waals surface area contributed by atoms with Crippen LogP contribution in [-0.4, -0.2) is 43.2 Å². The van der Waals surface area contributed by atoms with E-state index >= 15 is 0 Å². The molecule has 1 heterocycles. The van der Waals surface area contributed by atoms with Crippen molar-refractivity contribution in [1.29, 1.82) is 0 Å². The first kappa shape index (κ1) is 14.5. The fraction of sp³-hybridized carbons (Fsp3) is 0.800. The topological polar surface area (TPSA) is 186 Å². The number of nitrogens with one attached hydrogen (secondary N) is 1. The summed E-state index contributed by atoms with van der Waals surface area (Å²) in [7, 11) is 0. The van der Waals surface area contributed by atoms with Crippen molar-refractivity contribution in [3.8, 4) is 0 Å². The molecule has 1 aliphatic rings. The lowest BCUT2D eigenvalue weighted by Gasteiger charge is -2.22. The number of nitro groups is 3. The van der Waals surface area contributed by atoms with Gasteiger partial charge in [0.15, 0.2) is 20.6 Å². The van der Waals surface area contributed by atoms with E-state index in [1.807, 2.05) is 0 Å². The van der Waals surface area contributed by atoms with Crippen molar-refractivity contribution in [2.45, 2.75) is 19.1 Å². The van der Waals surface area contributed by atoms with Gasteiger partial charge in [0.2, 0.25) is 6.42 Å². The average molecular weight is 278 g/mol. The molecule has 1 rings (SSSR count). The maximum absolute atomic E-state index is 10.7. The van der Waals surface area contributed by atoms with E-state index in [0.29, 0.717) is 0 Å². The highest BCUT2D eigenvalue weighted by atomic mass is 16.7. The summed E-state index contributed by atoms with van der Waals surface area (Å²) >= 11 is 0. The molecule has 0 spiro atoms. The summed E-state index contributed by atoms with van der Waals surface area (Å²) in [6, 6.07) is 0.